The fourth-order valence-corrected chi connectivity index (χ4v) is 4.10. The van der Waals surface area contributed by atoms with E-state index >= 15 is 0 Å². The molecule has 19 nitrogen and oxygen atoms in total. The lowest BCUT2D eigenvalue weighted by Gasteiger charge is -2.14. The number of imidazole rings is 1. The van der Waals surface area contributed by atoms with Crippen LogP contribution in [0.4, 0.5) is 11.6 Å². The maximum Gasteiger partial charge on any atom is 0.434 e. The maximum atomic E-state index is 12.5. The van der Waals surface area contributed by atoms with Gasteiger partial charge >= 0.3 is 5.95 Å². The normalized spacial score (nSPS) is 11.1. The molecular weight excluding hydrogens is 690 g/mol. The summed E-state index contributed by atoms with van der Waals surface area (Å²) in [7, 11) is 1.49. The Hall–Kier alpha value is -3.79. The smallest absolute Gasteiger partial charge is 0.434 e. The predicted octanol–water partition coefficient (Wildman–Crippen LogP) is 0.997. The molecule has 1 aromatic carbocycles. The van der Waals surface area contributed by atoms with E-state index in [-0.39, 0.29) is 56.1 Å². The van der Waals surface area contributed by atoms with E-state index in [9.17, 15) is 24.8 Å². The molecule has 0 aliphatic carbocycles. The summed E-state index contributed by atoms with van der Waals surface area (Å²) < 4.78 is 50.2. The molecule has 0 spiro atoms. The zero-order valence-electron chi connectivity index (χ0n) is 30.0. The lowest BCUT2D eigenvalue weighted by molar-refractivity contribution is -0.396. The first-order valence-electron chi connectivity index (χ1n) is 17.1. The zero-order chi connectivity index (χ0) is 37.7. The third-order valence-electron chi connectivity index (χ3n) is 6.83. The SMILES string of the molecule is CCOCCOCCOCCOCCOCCOCCOCCOCCC(=O)NCC(=O)Nc1cc(CO)ccc1OCc1cnc([N+](=O)[O-])n1C. The van der Waals surface area contributed by atoms with Gasteiger partial charge in [-0.15, -0.1) is 0 Å². The molecule has 52 heavy (non-hydrogen) atoms. The third-order valence-corrected chi connectivity index (χ3v) is 6.83. The Kier molecular flexibility index (Phi) is 24.5. The summed E-state index contributed by atoms with van der Waals surface area (Å²) in [4.78, 5) is 38.9. The Bertz CT molecular complexity index is 1280. The molecule has 0 saturated heterocycles. The number of carbonyl (C=O) groups is 2. The molecule has 2 amide bonds. The van der Waals surface area contributed by atoms with Crippen LogP contribution in [0.2, 0.25) is 0 Å². The number of ether oxygens (including phenoxy) is 9. The number of benzene rings is 1. The van der Waals surface area contributed by atoms with Gasteiger partial charge in [0, 0.05) is 13.0 Å². The predicted molar refractivity (Wildman–Crippen MR) is 185 cm³/mol. The molecule has 3 N–H and O–H groups in total. The standard InChI is InChI=1S/C33H53N5O14/c1-3-44-8-9-46-12-13-48-16-17-50-20-21-51-19-18-49-15-14-47-11-10-45-7-6-31(40)34-24-32(41)36-29-22-27(25-39)4-5-30(29)52-26-28-23-35-33(37(28)2)38(42)43/h4-5,22-23,39H,3,6-21,24-26H2,1-2H3,(H,34,40)(H,36,41). The summed E-state index contributed by atoms with van der Waals surface area (Å²) in [6.45, 7) is 8.57. The summed E-state index contributed by atoms with van der Waals surface area (Å²) >= 11 is 0. The van der Waals surface area contributed by atoms with E-state index in [1.807, 2.05) is 6.92 Å². The molecular formula is C33H53N5O14. The van der Waals surface area contributed by atoms with E-state index in [0.29, 0.717) is 110 Å². The quantitative estimate of drug-likeness (QED) is 0.0527. The van der Waals surface area contributed by atoms with Gasteiger partial charge in [-0.2, -0.15) is 0 Å². The second-order valence-electron chi connectivity index (χ2n) is 10.7. The number of rotatable bonds is 33. The van der Waals surface area contributed by atoms with Gasteiger partial charge in [0.1, 0.15) is 18.6 Å². The van der Waals surface area contributed by atoms with Crippen LogP contribution in [0.3, 0.4) is 0 Å². The van der Waals surface area contributed by atoms with Crippen LogP contribution in [0, 0.1) is 10.1 Å². The molecule has 1 heterocycles. The highest BCUT2D eigenvalue weighted by molar-refractivity contribution is 5.95. The molecule has 294 valence electrons. The van der Waals surface area contributed by atoms with Crippen LogP contribution in [-0.2, 0) is 67.7 Å². The summed E-state index contributed by atoms with van der Waals surface area (Å²) in [5.41, 5.74) is 1.21. The highest BCUT2D eigenvalue weighted by Crippen LogP contribution is 2.27. The number of nitro groups is 1. The monoisotopic (exact) mass is 743 g/mol. The first-order valence-corrected chi connectivity index (χ1v) is 17.1. The van der Waals surface area contributed by atoms with Gasteiger partial charge in [-0.1, -0.05) is 11.1 Å². The van der Waals surface area contributed by atoms with Gasteiger partial charge in [0.15, 0.2) is 5.69 Å². The van der Waals surface area contributed by atoms with E-state index in [0.717, 1.165) is 0 Å². The van der Waals surface area contributed by atoms with Crippen LogP contribution >= 0.6 is 0 Å². The molecule has 1 aromatic heterocycles. The molecule has 0 unspecified atom stereocenters. The first kappa shape index (κ1) is 44.4. The molecule has 0 saturated carbocycles. The second-order valence-corrected chi connectivity index (χ2v) is 10.7. The number of carbonyl (C=O) groups excluding carboxylic acids is 2. The summed E-state index contributed by atoms with van der Waals surface area (Å²) in [5.74, 6) is -0.971. The van der Waals surface area contributed by atoms with Crippen LogP contribution in [-0.4, -0.2) is 144 Å². The van der Waals surface area contributed by atoms with Crippen LogP contribution in [0.25, 0.3) is 0 Å². The molecule has 0 aliphatic heterocycles. The molecule has 2 aromatic rings. The van der Waals surface area contributed by atoms with Crippen LogP contribution < -0.4 is 15.4 Å². The topological polar surface area (TPSA) is 222 Å². The minimum absolute atomic E-state index is 0.0472. The maximum absolute atomic E-state index is 12.5. The Morgan fingerprint density at radius 1 is 0.788 bits per heavy atom. The van der Waals surface area contributed by atoms with Gasteiger partial charge in [0.2, 0.25) is 11.8 Å². The van der Waals surface area contributed by atoms with Crippen LogP contribution in [0.15, 0.2) is 24.4 Å². The number of hydrogen-bond donors (Lipinski definition) is 3. The minimum Gasteiger partial charge on any atom is -0.484 e. The highest BCUT2D eigenvalue weighted by Gasteiger charge is 2.18. The zero-order valence-corrected chi connectivity index (χ0v) is 30.0. The van der Waals surface area contributed by atoms with Crippen LogP contribution in [0.5, 0.6) is 5.75 Å². The van der Waals surface area contributed by atoms with Gasteiger partial charge < -0.3 is 68.5 Å². The molecule has 19 heteroatoms. The van der Waals surface area contributed by atoms with E-state index < -0.39 is 10.8 Å². The first-order chi connectivity index (χ1) is 25.3. The molecule has 0 radical (unpaired) electrons. The number of amides is 2. The number of nitrogens with zero attached hydrogens (tertiary/aromatic N) is 3. The van der Waals surface area contributed by atoms with E-state index in [1.54, 1.807) is 12.1 Å². The van der Waals surface area contributed by atoms with Crippen molar-refractivity contribution in [3.05, 3.63) is 45.8 Å². The summed E-state index contributed by atoms with van der Waals surface area (Å²) in [6, 6.07) is 4.69. The van der Waals surface area contributed by atoms with Crippen molar-refractivity contribution < 1.29 is 62.3 Å². The summed E-state index contributed by atoms with van der Waals surface area (Å²) in [5, 5.41) is 25.7. The number of aromatic nitrogens is 2. The lowest BCUT2D eigenvalue weighted by Crippen LogP contribution is -2.33. The average molecular weight is 744 g/mol. The van der Waals surface area contributed by atoms with Crippen molar-refractivity contribution in [1.82, 2.24) is 14.9 Å². The van der Waals surface area contributed by atoms with Crippen molar-refractivity contribution in [1.29, 1.82) is 0 Å². The number of hydrogen-bond acceptors (Lipinski definition) is 15. The number of nitrogens with one attached hydrogen (secondary N) is 2. The van der Waals surface area contributed by atoms with Gasteiger partial charge in [0.05, 0.1) is 125 Å². The Morgan fingerprint density at radius 3 is 1.75 bits per heavy atom. The van der Waals surface area contributed by atoms with Crippen molar-refractivity contribution in [2.45, 2.75) is 26.6 Å². The molecule has 0 atom stereocenters. The average Bonchev–Trinajstić information content (AvgIpc) is 3.51. The van der Waals surface area contributed by atoms with E-state index in [1.165, 1.54) is 23.9 Å². The highest BCUT2D eigenvalue weighted by atomic mass is 16.6. The fourth-order valence-electron chi connectivity index (χ4n) is 4.10. The Balaban J connectivity index is 1.42. The van der Waals surface area contributed by atoms with Gasteiger partial charge in [-0.3, -0.25) is 9.59 Å². The number of aliphatic hydroxyl groups is 1. The Morgan fingerprint density at radius 2 is 1.29 bits per heavy atom. The van der Waals surface area contributed by atoms with Crippen molar-refractivity contribution in [2.24, 2.45) is 7.05 Å². The van der Waals surface area contributed by atoms with Gasteiger partial charge in [0.25, 0.3) is 0 Å². The molecule has 0 fully saturated rings. The van der Waals surface area contributed by atoms with Gasteiger partial charge in [-0.05, 0) is 29.5 Å². The van der Waals surface area contributed by atoms with Gasteiger partial charge in [-0.25, -0.2) is 4.57 Å². The second kappa shape index (κ2) is 28.8. The number of aliphatic hydroxyl groups excluding tert-OH is 1. The van der Waals surface area contributed by atoms with E-state index in [2.05, 4.69) is 15.6 Å². The van der Waals surface area contributed by atoms with Crippen LogP contribution in [0.1, 0.15) is 24.6 Å². The van der Waals surface area contributed by atoms with Crippen molar-refractivity contribution in [3.8, 4) is 5.75 Å². The molecule has 0 aliphatic rings. The third kappa shape index (κ3) is 20.3. The number of anilines is 1. The lowest BCUT2D eigenvalue weighted by atomic mass is 10.2. The molecule has 0 bridgehead atoms. The fraction of sp³-hybridized carbons (Fsp3) is 0.667. The van der Waals surface area contributed by atoms with E-state index in [4.69, 9.17) is 42.6 Å². The minimum atomic E-state index is -0.608. The van der Waals surface area contributed by atoms with Crippen molar-refractivity contribution in [3.63, 3.8) is 0 Å². The van der Waals surface area contributed by atoms with Crippen molar-refractivity contribution in [2.75, 3.05) is 118 Å². The molecule has 2 rings (SSSR count). The largest absolute Gasteiger partial charge is 0.484 e. The summed E-state index contributed by atoms with van der Waals surface area (Å²) in [6.07, 6.45) is 1.37. The Labute approximate surface area is 303 Å². The van der Waals surface area contributed by atoms with Crippen molar-refractivity contribution >= 4 is 23.5 Å².